The third kappa shape index (κ3) is 6.53. The van der Waals surface area contributed by atoms with E-state index in [4.69, 9.17) is 10.00 Å². The van der Waals surface area contributed by atoms with E-state index in [0.717, 1.165) is 10.5 Å². The summed E-state index contributed by atoms with van der Waals surface area (Å²) in [5.74, 6) is -0.746. The molecule has 0 bridgehead atoms. The normalized spacial score (nSPS) is 10.2. The number of para-hydroxylation sites is 1. The Labute approximate surface area is 150 Å². The van der Waals surface area contributed by atoms with Gasteiger partial charge in [-0.15, -0.1) is 11.8 Å². The predicted octanol–water partition coefficient (Wildman–Crippen LogP) is 3.50. The zero-order valence-corrected chi connectivity index (χ0v) is 14.2. The lowest BCUT2D eigenvalue weighted by Crippen LogP contribution is -2.20. The second kappa shape index (κ2) is 9.96. The molecule has 0 saturated heterocycles. The maximum atomic E-state index is 11.9. The van der Waals surface area contributed by atoms with Gasteiger partial charge in [-0.25, -0.2) is 4.79 Å². The number of rotatable bonds is 7. The molecule has 25 heavy (non-hydrogen) atoms. The highest BCUT2D eigenvalue weighted by Crippen LogP contribution is 2.26. The fourth-order valence-corrected chi connectivity index (χ4v) is 2.57. The van der Waals surface area contributed by atoms with Crippen LogP contribution in [0.2, 0.25) is 0 Å². The first kappa shape index (κ1) is 18.3. The van der Waals surface area contributed by atoms with Gasteiger partial charge in [0.1, 0.15) is 0 Å². The van der Waals surface area contributed by atoms with E-state index >= 15 is 0 Å². The van der Waals surface area contributed by atoms with Crippen molar-refractivity contribution >= 4 is 35.4 Å². The molecule has 5 nitrogen and oxygen atoms in total. The smallest absolute Gasteiger partial charge is 0.331 e. The first-order chi connectivity index (χ1) is 12.2. The number of carbonyl (C=O) groups excluding carboxylic acids is 2. The average Bonchev–Trinajstić information content (AvgIpc) is 2.65. The van der Waals surface area contributed by atoms with Gasteiger partial charge in [0, 0.05) is 11.0 Å². The molecule has 126 valence electrons. The summed E-state index contributed by atoms with van der Waals surface area (Å²) in [6, 6.07) is 18.5. The average molecular weight is 352 g/mol. The third-order valence-corrected chi connectivity index (χ3v) is 3.95. The Kier molecular flexibility index (Phi) is 7.29. The molecule has 0 heterocycles. The molecule has 6 heteroatoms. The zero-order valence-electron chi connectivity index (χ0n) is 13.3. The Morgan fingerprint density at radius 1 is 1.12 bits per heavy atom. The van der Waals surface area contributed by atoms with E-state index in [1.165, 1.54) is 17.8 Å². The van der Waals surface area contributed by atoms with E-state index in [2.05, 4.69) is 5.32 Å². The van der Waals surface area contributed by atoms with Gasteiger partial charge in [-0.1, -0.05) is 42.5 Å². The molecule has 2 rings (SSSR count). The van der Waals surface area contributed by atoms with Crippen LogP contribution in [0.1, 0.15) is 5.56 Å². The molecule has 0 aliphatic carbocycles. The van der Waals surface area contributed by atoms with E-state index in [1.807, 2.05) is 48.5 Å². The first-order valence-corrected chi connectivity index (χ1v) is 8.46. The number of nitrogens with zero attached hydrogens (tertiary/aromatic N) is 1. The lowest BCUT2D eigenvalue weighted by molar-refractivity contribution is -0.142. The number of ether oxygens (including phenoxy) is 1. The highest BCUT2D eigenvalue weighted by molar-refractivity contribution is 7.99. The molecule has 0 aliphatic heterocycles. The van der Waals surface area contributed by atoms with E-state index in [-0.39, 0.29) is 12.4 Å². The van der Waals surface area contributed by atoms with Crippen LogP contribution in [-0.2, 0) is 14.3 Å². The van der Waals surface area contributed by atoms with Crippen molar-refractivity contribution in [3.05, 3.63) is 66.2 Å². The molecule has 0 fully saturated rings. The van der Waals surface area contributed by atoms with Gasteiger partial charge in [-0.2, -0.15) is 5.26 Å². The van der Waals surface area contributed by atoms with Crippen molar-refractivity contribution in [1.29, 1.82) is 5.26 Å². The zero-order chi connectivity index (χ0) is 17.9. The summed E-state index contributed by atoms with van der Waals surface area (Å²) in [4.78, 5) is 24.4. The van der Waals surface area contributed by atoms with Crippen molar-refractivity contribution in [3.63, 3.8) is 0 Å². The van der Waals surface area contributed by atoms with E-state index in [1.54, 1.807) is 18.2 Å². The SMILES string of the molecule is N#CCSc1ccccc1NC(=O)COC(=O)C=Cc1ccccc1. The molecule has 0 spiro atoms. The Bertz CT molecular complexity index is 798. The number of carbonyl (C=O) groups is 2. The number of thioether (sulfide) groups is 1. The van der Waals surface area contributed by atoms with Gasteiger partial charge in [0.2, 0.25) is 0 Å². The van der Waals surface area contributed by atoms with Crippen LogP contribution in [0.3, 0.4) is 0 Å². The van der Waals surface area contributed by atoms with E-state index < -0.39 is 11.9 Å². The summed E-state index contributed by atoms with van der Waals surface area (Å²) in [6.07, 6.45) is 2.90. The van der Waals surface area contributed by atoms with Crippen molar-refractivity contribution in [2.24, 2.45) is 0 Å². The second-order valence-corrected chi connectivity index (χ2v) is 5.86. The van der Waals surface area contributed by atoms with Gasteiger partial charge in [0.05, 0.1) is 17.5 Å². The summed E-state index contributed by atoms with van der Waals surface area (Å²) in [6.45, 7) is -0.380. The highest BCUT2D eigenvalue weighted by atomic mass is 32.2. The molecule has 2 aromatic rings. The number of benzene rings is 2. The standard InChI is InChI=1S/C19H16N2O3S/c20-12-13-25-17-9-5-4-8-16(17)21-18(22)14-24-19(23)11-10-15-6-2-1-3-7-15/h1-11H,13-14H2,(H,21,22). The molecule has 0 radical (unpaired) electrons. The summed E-state index contributed by atoms with van der Waals surface area (Å²) in [7, 11) is 0. The van der Waals surface area contributed by atoms with Crippen LogP contribution in [-0.4, -0.2) is 24.2 Å². The van der Waals surface area contributed by atoms with Gasteiger partial charge < -0.3 is 10.1 Å². The molecule has 0 saturated carbocycles. The maximum Gasteiger partial charge on any atom is 0.331 e. The summed E-state index contributed by atoms with van der Waals surface area (Å²) < 4.78 is 4.92. The maximum absolute atomic E-state index is 11.9. The van der Waals surface area contributed by atoms with Crippen LogP contribution in [0, 0.1) is 11.3 Å². The molecular weight excluding hydrogens is 336 g/mol. The highest BCUT2D eigenvalue weighted by Gasteiger charge is 2.09. The van der Waals surface area contributed by atoms with Gasteiger partial charge in [-0.3, -0.25) is 4.79 Å². The van der Waals surface area contributed by atoms with Crippen LogP contribution >= 0.6 is 11.8 Å². The summed E-state index contributed by atoms with van der Waals surface area (Å²) >= 11 is 1.32. The van der Waals surface area contributed by atoms with Gasteiger partial charge >= 0.3 is 5.97 Å². The lowest BCUT2D eigenvalue weighted by atomic mass is 10.2. The largest absolute Gasteiger partial charge is 0.452 e. The number of anilines is 1. The van der Waals surface area contributed by atoms with Gasteiger partial charge in [0.15, 0.2) is 6.61 Å². The number of esters is 1. The lowest BCUT2D eigenvalue weighted by Gasteiger charge is -2.09. The van der Waals surface area contributed by atoms with Crippen LogP contribution in [0.5, 0.6) is 0 Å². The first-order valence-electron chi connectivity index (χ1n) is 7.47. The second-order valence-electron chi connectivity index (χ2n) is 4.84. The Morgan fingerprint density at radius 2 is 1.84 bits per heavy atom. The van der Waals surface area contributed by atoms with Crippen molar-refractivity contribution in [1.82, 2.24) is 0 Å². The Balaban J connectivity index is 1.84. The van der Waals surface area contributed by atoms with Crippen LogP contribution in [0.15, 0.2) is 65.6 Å². The minimum atomic E-state index is -0.592. The van der Waals surface area contributed by atoms with Crippen LogP contribution < -0.4 is 5.32 Å². The van der Waals surface area contributed by atoms with E-state index in [9.17, 15) is 9.59 Å². The molecule has 1 amide bonds. The van der Waals surface area contributed by atoms with Gasteiger partial charge in [-0.05, 0) is 23.8 Å². The Morgan fingerprint density at radius 3 is 2.60 bits per heavy atom. The van der Waals surface area contributed by atoms with Crippen molar-refractivity contribution in [3.8, 4) is 6.07 Å². The summed E-state index contributed by atoms with van der Waals surface area (Å²) in [5, 5.41) is 11.3. The minimum Gasteiger partial charge on any atom is -0.452 e. The molecule has 2 aromatic carbocycles. The molecule has 0 unspecified atom stereocenters. The third-order valence-electron chi connectivity index (χ3n) is 3.01. The predicted molar refractivity (Wildman–Crippen MR) is 97.8 cm³/mol. The molecule has 1 N–H and O–H groups in total. The van der Waals surface area contributed by atoms with Crippen LogP contribution in [0.25, 0.3) is 6.08 Å². The molecular formula is C19H16N2O3S. The fourth-order valence-electron chi connectivity index (χ4n) is 1.91. The number of hydrogen-bond donors (Lipinski definition) is 1. The number of nitriles is 1. The minimum absolute atomic E-state index is 0.284. The van der Waals surface area contributed by atoms with Crippen molar-refractivity contribution in [2.75, 3.05) is 17.7 Å². The topological polar surface area (TPSA) is 79.2 Å². The number of amides is 1. The molecule has 0 atom stereocenters. The fraction of sp³-hybridized carbons (Fsp3) is 0.105. The summed E-state index contributed by atoms with van der Waals surface area (Å²) in [5.41, 5.74) is 1.45. The quantitative estimate of drug-likeness (QED) is 0.469. The molecule has 0 aromatic heterocycles. The van der Waals surface area contributed by atoms with Crippen LogP contribution in [0.4, 0.5) is 5.69 Å². The Hall–Kier alpha value is -3.04. The number of nitrogens with one attached hydrogen (secondary N) is 1. The number of hydrogen-bond acceptors (Lipinski definition) is 5. The van der Waals surface area contributed by atoms with Crippen molar-refractivity contribution < 1.29 is 14.3 Å². The van der Waals surface area contributed by atoms with E-state index in [0.29, 0.717) is 5.69 Å². The molecule has 0 aliphatic rings. The monoisotopic (exact) mass is 352 g/mol. The van der Waals surface area contributed by atoms with Crippen molar-refractivity contribution in [2.45, 2.75) is 4.90 Å². The van der Waals surface area contributed by atoms with Gasteiger partial charge in [0.25, 0.3) is 5.91 Å².